The van der Waals surface area contributed by atoms with Crippen molar-refractivity contribution in [3.8, 4) is 6.07 Å². The number of nitrogens with one attached hydrogen (secondary N) is 1. The number of halogens is 1. The average molecular weight is 337 g/mol. The first-order valence-corrected chi connectivity index (χ1v) is 7.92. The van der Waals surface area contributed by atoms with E-state index in [1.165, 1.54) is 23.1 Å². The third kappa shape index (κ3) is 3.83. The van der Waals surface area contributed by atoms with Gasteiger partial charge in [0, 0.05) is 24.7 Å². The maximum absolute atomic E-state index is 13.3. The SMILES string of the molecule is N#Cc1cccc(NC(=O)C(=O)N2CC[C@@H](c3cccc(F)c3)C2)c1. The van der Waals surface area contributed by atoms with E-state index in [2.05, 4.69) is 5.32 Å². The highest BCUT2D eigenvalue weighted by Crippen LogP contribution is 2.27. The highest BCUT2D eigenvalue weighted by molar-refractivity contribution is 6.39. The van der Waals surface area contributed by atoms with Gasteiger partial charge in [-0.05, 0) is 42.3 Å². The fraction of sp³-hybridized carbons (Fsp3) is 0.211. The van der Waals surface area contributed by atoms with Crippen LogP contribution in [0.25, 0.3) is 0 Å². The smallest absolute Gasteiger partial charge is 0.313 e. The Morgan fingerprint density at radius 2 is 2.00 bits per heavy atom. The van der Waals surface area contributed by atoms with E-state index in [0.717, 1.165) is 5.56 Å². The van der Waals surface area contributed by atoms with E-state index in [4.69, 9.17) is 5.26 Å². The molecule has 25 heavy (non-hydrogen) atoms. The Morgan fingerprint density at radius 1 is 1.20 bits per heavy atom. The summed E-state index contributed by atoms with van der Waals surface area (Å²) >= 11 is 0. The molecule has 0 aromatic heterocycles. The number of carbonyl (C=O) groups is 2. The predicted molar refractivity (Wildman–Crippen MR) is 90.1 cm³/mol. The zero-order valence-corrected chi connectivity index (χ0v) is 13.4. The van der Waals surface area contributed by atoms with E-state index in [-0.39, 0.29) is 11.7 Å². The lowest BCUT2D eigenvalue weighted by Crippen LogP contribution is -2.38. The molecule has 1 fully saturated rings. The normalized spacial score (nSPS) is 16.3. The second-order valence-electron chi connectivity index (χ2n) is 5.94. The first kappa shape index (κ1) is 16.7. The van der Waals surface area contributed by atoms with Crippen LogP contribution < -0.4 is 5.32 Å². The number of rotatable bonds is 2. The minimum atomic E-state index is -0.741. The van der Waals surface area contributed by atoms with Crippen molar-refractivity contribution in [1.29, 1.82) is 5.26 Å². The monoisotopic (exact) mass is 337 g/mol. The van der Waals surface area contributed by atoms with Crippen molar-refractivity contribution in [3.63, 3.8) is 0 Å². The molecule has 1 heterocycles. The van der Waals surface area contributed by atoms with E-state index in [1.807, 2.05) is 12.1 Å². The van der Waals surface area contributed by atoms with Crippen molar-refractivity contribution in [1.82, 2.24) is 4.90 Å². The van der Waals surface area contributed by atoms with Gasteiger partial charge in [-0.2, -0.15) is 5.26 Å². The van der Waals surface area contributed by atoms with Gasteiger partial charge < -0.3 is 10.2 Å². The average Bonchev–Trinajstić information content (AvgIpc) is 3.11. The Kier molecular flexibility index (Phi) is 4.75. The molecule has 1 atom stereocenters. The van der Waals surface area contributed by atoms with Crippen LogP contribution in [0.4, 0.5) is 10.1 Å². The standard InChI is InChI=1S/C19H16FN3O2/c20-16-5-2-4-14(10-16)15-7-8-23(12-15)19(25)18(24)22-17-6-1-3-13(9-17)11-21/h1-6,9-10,15H,7-8,12H2,(H,22,24)/t15-/m1/s1. The van der Waals surface area contributed by atoms with Crippen LogP contribution in [0, 0.1) is 17.1 Å². The van der Waals surface area contributed by atoms with Crippen LogP contribution in [0.3, 0.4) is 0 Å². The Bertz CT molecular complexity index is 860. The number of nitrogens with zero attached hydrogens (tertiary/aromatic N) is 2. The topological polar surface area (TPSA) is 73.2 Å². The summed E-state index contributed by atoms with van der Waals surface area (Å²) in [7, 11) is 0. The van der Waals surface area contributed by atoms with Gasteiger partial charge in [-0.25, -0.2) is 4.39 Å². The first-order chi connectivity index (χ1) is 12.1. The number of likely N-dealkylation sites (tertiary alicyclic amines) is 1. The van der Waals surface area contributed by atoms with Crippen LogP contribution in [0.1, 0.15) is 23.5 Å². The molecule has 126 valence electrons. The number of anilines is 1. The minimum Gasteiger partial charge on any atom is -0.334 e. The Hall–Kier alpha value is -3.20. The second kappa shape index (κ2) is 7.14. The molecule has 0 aliphatic carbocycles. The summed E-state index contributed by atoms with van der Waals surface area (Å²) in [5, 5.41) is 11.4. The summed E-state index contributed by atoms with van der Waals surface area (Å²) in [6.07, 6.45) is 0.687. The Morgan fingerprint density at radius 3 is 2.76 bits per heavy atom. The quantitative estimate of drug-likeness (QED) is 0.856. The lowest BCUT2D eigenvalue weighted by molar-refractivity contribution is -0.142. The molecule has 2 aromatic rings. The number of nitriles is 1. The van der Waals surface area contributed by atoms with Gasteiger partial charge in [0.05, 0.1) is 11.6 Å². The molecule has 0 spiro atoms. The van der Waals surface area contributed by atoms with Gasteiger partial charge in [0.15, 0.2) is 0 Å². The Labute approximate surface area is 144 Å². The zero-order chi connectivity index (χ0) is 17.8. The lowest BCUT2D eigenvalue weighted by atomic mass is 9.98. The molecule has 1 aliphatic heterocycles. The zero-order valence-electron chi connectivity index (χ0n) is 13.4. The summed E-state index contributed by atoms with van der Waals surface area (Å²) in [6.45, 7) is 0.833. The molecule has 0 radical (unpaired) electrons. The number of hydrogen-bond donors (Lipinski definition) is 1. The third-order valence-corrected chi connectivity index (χ3v) is 4.24. The molecule has 1 aliphatic rings. The molecule has 1 N–H and O–H groups in total. The molecular weight excluding hydrogens is 321 g/mol. The fourth-order valence-corrected chi connectivity index (χ4v) is 2.97. The van der Waals surface area contributed by atoms with Crippen molar-refractivity contribution >= 4 is 17.5 Å². The first-order valence-electron chi connectivity index (χ1n) is 7.92. The molecule has 0 unspecified atom stereocenters. The molecule has 5 nitrogen and oxygen atoms in total. The molecule has 0 saturated carbocycles. The summed E-state index contributed by atoms with van der Waals surface area (Å²) < 4.78 is 13.3. The van der Waals surface area contributed by atoms with E-state index in [9.17, 15) is 14.0 Å². The second-order valence-corrected chi connectivity index (χ2v) is 5.94. The van der Waals surface area contributed by atoms with E-state index in [0.29, 0.717) is 30.8 Å². The fourth-order valence-electron chi connectivity index (χ4n) is 2.97. The van der Waals surface area contributed by atoms with Crippen molar-refractivity contribution < 1.29 is 14.0 Å². The number of amides is 2. The van der Waals surface area contributed by atoms with Gasteiger partial charge in [-0.3, -0.25) is 9.59 Å². The van der Waals surface area contributed by atoms with Crippen LogP contribution in [0.5, 0.6) is 0 Å². The number of benzene rings is 2. The molecule has 6 heteroatoms. The maximum atomic E-state index is 13.3. The summed E-state index contributed by atoms with van der Waals surface area (Å²) in [5.74, 6) is -1.65. The van der Waals surface area contributed by atoms with Gasteiger partial charge in [0.1, 0.15) is 5.82 Å². The largest absolute Gasteiger partial charge is 0.334 e. The summed E-state index contributed by atoms with van der Waals surface area (Å²) in [4.78, 5) is 25.9. The molecule has 2 aromatic carbocycles. The molecular formula is C19H16FN3O2. The van der Waals surface area contributed by atoms with Gasteiger partial charge in [-0.1, -0.05) is 18.2 Å². The molecule has 1 saturated heterocycles. The van der Waals surface area contributed by atoms with Gasteiger partial charge >= 0.3 is 11.8 Å². The Balaban J connectivity index is 1.63. The molecule has 0 bridgehead atoms. The van der Waals surface area contributed by atoms with Crippen molar-refractivity contribution in [2.75, 3.05) is 18.4 Å². The van der Waals surface area contributed by atoms with Crippen molar-refractivity contribution in [2.24, 2.45) is 0 Å². The predicted octanol–water partition coefficient (Wildman–Crippen LogP) is 2.65. The van der Waals surface area contributed by atoms with Gasteiger partial charge in [0.2, 0.25) is 0 Å². The molecule has 3 rings (SSSR count). The van der Waals surface area contributed by atoms with Gasteiger partial charge in [0.25, 0.3) is 0 Å². The van der Waals surface area contributed by atoms with E-state index >= 15 is 0 Å². The van der Waals surface area contributed by atoms with Crippen LogP contribution in [-0.4, -0.2) is 29.8 Å². The van der Waals surface area contributed by atoms with Crippen LogP contribution in [0.2, 0.25) is 0 Å². The number of hydrogen-bond acceptors (Lipinski definition) is 3. The van der Waals surface area contributed by atoms with Crippen LogP contribution >= 0.6 is 0 Å². The van der Waals surface area contributed by atoms with Crippen molar-refractivity contribution in [2.45, 2.75) is 12.3 Å². The lowest BCUT2D eigenvalue weighted by Gasteiger charge is -2.16. The van der Waals surface area contributed by atoms with Crippen LogP contribution in [0.15, 0.2) is 48.5 Å². The van der Waals surface area contributed by atoms with Crippen LogP contribution in [-0.2, 0) is 9.59 Å². The molecule has 2 amide bonds. The summed E-state index contributed by atoms with van der Waals surface area (Å²) in [5.41, 5.74) is 1.63. The third-order valence-electron chi connectivity index (χ3n) is 4.24. The summed E-state index contributed by atoms with van der Waals surface area (Å²) in [6, 6.07) is 14.7. The minimum absolute atomic E-state index is 0.0226. The van der Waals surface area contributed by atoms with Crippen molar-refractivity contribution in [3.05, 3.63) is 65.5 Å². The number of carbonyl (C=O) groups excluding carboxylic acids is 2. The van der Waals surface area contributed by atoms with Gasteiger partial charge in [-0.15, -0.1) is 0 Å². The highest BCUT2D eigenvalue weighted by atomic mass is 19.1. The highest BCUT2D eigenvalue weighted by Gasteiger charge is 2.31. The van der Waals surface area contributed by atoms with E-state index < -0.39 is 11.8 Å². The maximum Gasteiger partial charge on any atom is 0.313 e. The van der Waals surface area contributed by atoms with E-state index in [1.54, 1.807) is 24.3 Å².